The van der Waals surface area contributed by atoms with Crippen molar-refractivity contribution < 1.29 is 0 Å². The van der Waals surface area contributed by atoms with E-state index in [9.17, 15) is 4.79 Å². The molecule has 11 heteroatoms. The number of rotatable bonds is 6. The summed E-state index contributed by atoms with van der Waals surface area (Å²) in [7, 11) is 0. The number of hydrogen-bond acceptors (Lipinski definition) is 7. The molecule has 3 aromatic carbocycles. The third-order valence-corrected chi connectivity index (χ3v) is 5.70. The summed E-state index contributed by atoms with van der Waals surface area (Å²) >= 11 is 11.4. The predicted molar refractivity (Wildman–Crippen MR) is 153 cm³/mol. The molecular formula is C26H21ClN8OS. The highest BCUT2D eigenvalue weighted by Gasteiger charge is 2.12. The zero-order chi connectivity index (χ0) is 25.8. The van der Waals surface area contributed by atoms with Gasteiger partial charge in [0.05, 0.1) is 5.69 Å². The molecule has 0 radical (unpaired) electrons. The van der Waals surface area contributed by atoms with E-state index < -0.39 is 0 Å². The van der Waals surface area contributed by atoms with Crippen LogP contribution < -0.4 is 26.8 Å². The maximum atomic E-state index is 12.7. The zero-order valence-electron chi connectivity index (χ0n) is 19.5. The van der Waals surface area contributed by atoms with Crippen molar-refractivity contribution in [2.24, 2.45) is 0 Å². The van der Waals surface area contributed by atoms with E-state index >= 15 is 0 Å². The van der Waals surface area contributed by atoms with Gasteiger partial charge in [-0.15, -0.1) is 0 Å². The number of halogens is 1. The molecule has 0 bridgehead atoms. The second kappa shape index (κ2) is 10.6. The minimum Gasteiger partial charge on any atom is -0.332 e. The summed E-state index contributed by atoms with van der Waals surface area (Å²) in [4.78, 5) is 28.8. The van der Waals surface area contributed by atoms with E-state index in [0.717, 1.165) is 17.1 Å². The molecule has 2 heterocycles. The van der Waals surface area contributed by atoms with Gasteiger partial charge < -0.3 is 21.3 Å². The van der Waals surface area contributed by atoms with Crippen molar-refractivity contribution in [1.82, 2.24) is 19.9 Å². The van der Waals surface area contributed by atoms with E-state index in [4.69, 9.17) is 23.8 Å². The lowest BCUT2D eigenvalue weighted by molar-refractivity contribution is 1.08. The van der Waals surface area contributed by atoms with Crippen LogP contribution in [-0.2, 0) is 0 Å². The van der Waals surface area contributed by atoms with Gasteiger partial charge in [-0.3, -0.25) is 9.78 Å². The van der Waals surface area contributed by atoms with E-state index in [1.165, 1.54) is 0 Å². The molecule has 0 fully saturated rings. The van der Waals surface area contributed by atoms with Gasteiger partial charge in [-0.25, -0.2) is 4.98 Å². The number of anilines is 6. The standard InChI is InChI=1S/C26H21ClN8OS/c1-15-21-22(34-25(35-23(21)36)30-20-9-5-6-16(27)14-20)33-24(28-15)29-18-10-12-19(13-11-18)32-26(37)31-17-7-3-2-4-8-17/h2-14H,1H3,(H2,31,32,37)(H3,28,29,30,33,34,35,36). The van der Waals surface area contributed by atoms with Gasteiger partial charge in [0.15, 0.2) is 10.8 Å². The monoisotopic (exact) mass is 528 g/mol. The molecule has 0 aliphatic heterocycles. The van der Waals surface area contributed by atoms with Crippen LogP contribution in [0.15, 0.2) is 83.7 Å². The van der Waals surface area contributed by atoms with Crippen molar-refractivity contribution >= 4 is 74.6 Å². The van der Waals surface area contributed by atoms with E-state index in [2.05, 4.69) is 41.2 Å². The first kappa shape index (κ1) is 24.2. The molecule has 0 aliphatic rings. The lowest BCUT2D eigenvalue weighted by Crippen LogP contribution is -2.18. The topological polar surface area (TPSA) is 120 Å². The molecule has 0 aliphatic carbocycles. The third-order valence-electron chi connectivity index (χ3n) is 5.27. The van der Waals surface area contributed by atoms with Crippen LogP contribution in [0.5, 0.6) is 0 Å². The van der Waals surface area contributed by atoms with Crippen LogP contribution in [0.2, 0.25) is 5.02 Å². The van der Waals surface area contributed by atoms with Crippen LogP contribution in [-0.4, -0.2) is 25.0 Å². The van der Waals surface area contributed by atoms with Crippen molar-refractivity contribution in [1.29, 1.82) is 0 Å². The lowest BCUT2D eigenvalue weighted by Gasteiger charge is -2.12. The molecule has 2 aromatic heterocycles. The molecule has 9 nitrogen and oxygen atoms in total. The number of hydrogen-bond donors (Lipinski definition) is 5. The quantitative estimate of drug-likeness (QED) is 0.170. The summed E-state index contributed by atoms with van der Waals surface area (Å²) in [5.74, 6) is 0.568. The summed E-state index contributed by atoms with van der Waals surface area (Å²) in [6.07, 6.45) is 0. The van der Waals surface area contributed by atoms with Crippen molar-refractivity contribution in [2.75, 3.05) is 21.3 Å². The van der Waals surface area contributed by atoms with Gasteiger partial charge in [-0.05, 0) is 73.7 Å². The average molecular weight is 529 g/mol. The van der Waals surface area contributed by atoms with Gasteiger partial charge in [0.2, 0.25) is 11.9 Å². The molecule has 0 atom stereocenters. The van der Waals surface area contributed by atoms with Crippen molar-refractivity contribution in [3.05, 3.63) is 99.9 Å². The van der Waals surface area contributed by atoms with Crippen molar-refractivity contribution in [3.8, 4) is 0 Å². The maximum Gasteiger partial charge on any atom is 0.263 e. The molecule has 0 amide bonds. The Bertz CT molecular complexity index is 1640. The number of para-hydroxylation sites is 1. The second-order valence-electron chi connectivity index (χ2n) is 8.03. The Morgan fingerprint density at radius 2 is 1.49 bits per heavy atom. The highest BCUT2D eigenvalue weighted by atomic mass is 35.5. The number of nitrogens with one attached hydrogen (secondary N) is 5. The fourth-order valence-electron chi connectivity index (χ4n) is 3.61. The van der Waals surface area contributed by atoms with Crippen LogP contribution >= 0.6 is 23.8 Å². The summed E-state index contributed by atoms with van der Waals surface area (Å²) in [6, 6.07) is 24.3. The highest BCUT2D eigenvalue weighted by molar-refractivity contribution is 7.80. The van der Waals surface area contributed by atoms with Gasteiger partial charge >= 0.3 is 0 Å². The molecular weight excluding hydrogens is 508 g/mol. The van der Waals surface area contributed by atoms with Crippen LogP contribution in [0, 0.1) is 6.92 Å². The number of benzene rings is 3. The largest absolute Gasteiger partial charge is 0.332 e. The molecule has 0 saturated carbocycles. The Labute approximate surface area is 222 Å². The fourth-order valence-corrected chi connectivity index (χ4v) is 4.03. The summed E-state index contributed by atoms with van der Waals surface area (Å²) in [6.45, 7) is 1.74. The predicted octanol–water partition coefficient (Wildman–Crippen LogP) is 5.97. The van der Waals surface area contributed by atoms with E-state index in [1.54, 1.807) is 25.1 Å². The zero-order valence-corrected chi connectivity index (χ0v) is 21.1. The second-order valence-corrected chi connectivity index (χ2v) is 8.87. The van der Waals surface area contributed by atoms with Gasteiger partial charge in [0, 0.05) is 27.8 Å². The molecule has 0 spiro atoms. The normalized spacial score (nSPS) is 10.6. The van der Waals surface area contributed by atoms with E-state index in [-0.39, 0.29) is 17.2 Å². The summed E-state index contributed by atoms with van der Waals surface area (Å²) < 4.78 is 0. The Balaban J connectivity index is 1.32. The summed E-state index contributed by atoms with van der Waals surface area (Å²) in [5, 5.41) is 13.9. The number of thiocarbonyl (C=S) groups is 1. The minimum absolute atomic E-state index is 0.249. The van der Waals surface area contributed by atoms with Gasteiger partial charge in [-0.2, -0.15) is 9.97 Å². The van der Waals surface area contributed by atoms with Gasteiger partial charge in [-0.1, -0.05) is 35.9 Å². The number of aromatic amines is 1. The average Bonchev–Trinajstić information content (AvgIpc) is 2.85. The highest BCUT2D eigenvalue weighted by Crippen LogP contribution is 2.21. The molecule has 0 saturated heterocycles. The maximum absolute atomic E-state index is 12.7. The van der Waals surface area contributed by atoms with Gasteiger partial charge in [0.1, 0.15) is 5.39 Å². The fraction of sp³-hybridized carbons (Fsp3) is 0.0385. The summed E-state index contributed by atoms with van der Waals surface area (Å²) in [5.41, 5.74) is 3.60. The number of fused-ring (bicyclic) bond motifs is 1. The number of aryl methyl sites for hydroxylation is 1. The number of aromatic nitrogens is 4. The molecule has 5 rings (SSSR count). The van der Waals surface area contributed by atoms with Crippen molar-refractivity contribution in [2.45, 2.75) is 6.92 Å². The molecule has 5 aromatic rings. The Morgan fingerprint density at radius 3 is 2.22 bits per heavy atom. The van der Waals surface area contributed by atoms with Crippen LogP contribution in [0.25, 0.3) is 11.0 Å². The van der Waals surface area contributed by atoms with Crippen LogP contribution in [0.1, 0.15) is 5.69 Å². The Morgan fingerprint density at radius 1 is 0.811 bits per heavy atom. The van der Waals surface area contributed by atoms with Gasteiger partial charge in [0.25, 0.3) is 5.56 Å². The molecule has 0 unspecified atom stereocenters. The first-order chi connectivity index (χ1) is 17.9. The first-order valence-corrected chi connectivity index (χ1v) is 12.0. The Hall–Kier alpha value is -4.54. The molecule has 5 N–H and O–H groups in total. The molecule has 184 valence electrons. The third kappa shape index (κ3) is 6.00. The number of H-pyrrole nitrogens is 1. The van der Waals surface area contributed by atoms with E-state index in [1.807, 2.05) is 60.7 Å². The minimum atomic E-state index is -0.339. The van der Waals surface area contributed by atoms with Crippen LogP contribution in [0.4, 0.5) is 34.6 Å². The Kier molecular flexibility index (Phi) is 6.93. The number of nitrogens with zero attached hydrogens (tertiary/aromatic N) is 3. The SMILES string of the molecule is Cc1nc(Nc2ccc(NC(=S)Nc3ccccc3)cc2)nc2nc(Nc3cccc(Cl)c3)[nH]c(=O)c12. The lowest BCUT2D eigenvalue weighted by atomic mass is 10.2. The van der Waals surface area contributed by atoms with Crippen LogP contribution in [0.3, 0.4) is 0 Å². The first-order valence-electron chi connectivity index (χ1n) is 11.2. The molecule has 37 heavy (non-hydrogen) atoms. The van der Waals surface area contributed by atoms with E-state index in [0.29, 0.717) is 32.9 Å². The smallest absolute Gasteiger partial charge is 0.263 e. The van der Waals surface area contributed by atoms with Crippen molar-refractivity contribution in [3.63, 3.8) is 0 Å².